The average Bonchev–Trinajstić information content (AvgIpc) is 2.59. The molecule has 2 rings (SSSR count). The Morgan fingerprint density at radius 1 is 1.23 bits per heavy atom. The van der Waals surface area contributed by atoms with Gasteiger partial charge in [-0.1, -0.05) is 12.1 Å². The van der Waals surface area contributed by atoms with Crippen LogP contribution in [0.2, 0.25) is 0 Å². The van der Waals surface area contributed by atoms with Crippen molar-refractivity contribution in [2.24, 2.45) is 5.73 Å². The van der Waals surface area contributed by atoms with Gasteiger partial charge in [0.15, 0.2) is 0 Å². The number of rotatable bonds is 4. The van der Waals surface area contributed by atoms with Gasteiger partial charge in [-0.2, -0.15) is 5.26 Å². The van der Waals surface area contributed by atoms with Crippen LogP contribution in [-0.2, 0) is 19.0 Å². The molecule has 1 atom stereocenters. The van der Waals surface area contributed by atoms with E-state index in [0.717, 1.165) is 0 Å². The van der Waals surface area contributed by atoms with Gasteiger partial charge in [-0.3, -0.25) is 0 Å². The highest BCUT2D eigenvalue weighted by Gasteiger charge is 2.36. The molecule has 7 heteroatoms. The fourth-order valence-electron chi connectivity index (χ4n) is 2.69. The summed E-state index contributed by atoms with van der Waals surface area (Å²) >= 11 is 0. The highest BCUT2D eigenvalue weighted by molar-refractivity contribution is 5.93. The van der Waals surface area contributed by atoms with E-state index in [1.165, 1.54) is 7.11 Å². The summed E-state index contributed by atoms with van der Waals surface area (Å²) in [4.78, 5) is 24.2. The minimum Gasteiger partial charge on any atom is -0.465 e. The molecule has 0 bridgehead atoms. The molecule has 0 spiro atoms. The van der Waals surface area contributed by atoms with Crippen LogP contribution in [0.5, 0.6) is 0 Å². The minimum absolute atomic E-state index is 0.0619. The molecule has 136 valence electrons. The van der Waals surface area contributed by atoms with Crippen molar-refractivity contribution < 1.29 is 23.8 Å². The number of nitrogens with zero attached hydrogens (tertiary/aromatic N) is 1. The number of carbonyl (C=O) groups excluding carboxylic acids is 2. The van der Waals surface area contributed by atoms with Gasteiger partial charge in [0.1, 0.15) is 17.4 Å². The van der Waals surface area contributed by atoms with Crippen molar-refractivity contribution in [2.45, 2.75) is 32.8 Å². The summed E-state index contributed by atoms with van der Waals surface area (Å²) in [7, 11) is 1.29. The van der Waals surface area contributed by atoms with Crippen LogP contribution in [0.1, 0.15) is 42.6 Å². The summed E-state index contributed by atoms with van der Waals surface area (Å²) in [6, 6.07) is 8.41. The lowest BCUT2D eigenvalue weighted by molar-refractivity contribution is -0.143. The molecule has 0 fully saturated rings. The van der Waals surface area contributed by atoms with Gasteiger partial charge in [-0.15, -0.1) is 0 Å². The first-order valence-electron chi connectivity index (χ1n) is 7.97. The first-order valence-corrected chi connectivity index (χ1v) is 7.97. The zero-order valence-electron chi connectivity index (χ0n) is 15.0. The number of benzene rings is 1. The Balaban J connectivity index is 2.54. The summed E-state index contributed by atoms with van der Waals surface area (Å²) < 4.78 is 15.3. The number of allylic oxidation sites excluding steroid dienone is 2. The summed E-state index contributed by atoms with van der Waals surface area (Å²) in [6.45, 7) is 5.05. The van der Waals surface area contributed by atoms with E-state index in [1.54, 1.807) is 45.0 Å². The molecule has 0 saturated carbocycles. The SMILES string of the molecule is COC(=O)c1ccc(C2C(C#N)=C(N)OC(C)=C2C(=O)OC(C)C)cc1. The average molecular weight is 356 g/mol. The molecular weight excluding hydrogens is 336 g/mol. The number of ether oxygens (including phenoxy) is 3. The van der Waals surface area contributed by atoms with Crippen LogP contribution in [0, 0.1) is 11.3 Å². The Labute approximate surface area is 151 Å². The van der Waals surface area contributed by atoms with Crippen molar-refractivity contribution in [2.75, 3.05) is 7.11 Å². The van der Waals surface area contributed by atoms with Crippen LogP contribution in [0.4, 0.5) is 0 Å². The van der Waals surface area contributed by atoms with E-state index in [1.807, 2.05) is 6.07 Å². The molecule has 0 amide bonds. The van der Waals surface area contributed by atoms with Crippen molar-refractivity contribution in [3.8, 4) is 6.07 Å². The molecule has 0 aliphatic carbocycles. The molecule has 1 unspecified atom stereocenters. The summed E-state index contributed by atoms with van der Waals surface area (Å²) in [5, 5.41) is 9.53. The zero-order chi connectivity index (χ0) is 19.4. The second-order valence-corrected chi connectivity index (χ2v) is 5.96. The van der Waals surface area contributed by atoms with E-state index < -0.39 is 17.9 Å². The Hall–Kier alpha value is -3.27. The maximum atomic E-state index is 12.6. The summed E-state index contributed by atoms with van der Waals surface area (Å²) in [5.74, 6) is -1.60. The molecule has 1 aliphatic heterocycles. The number of methoxy groups -OCH3 is 1. The smallest absolute Gasteiger partial charge is 0.338 e. The van der Waals surface area contributed by atoms with Gasteiger partial charge in [0.25, 0.3) is 0 Å². The first-order chi connectivity index (χ1) is 12.3. The van der Waals surface area contributed by atoms with Gasteiger partial charge < -0.3 is 19.9 Å². The summed E-state index contributed by atoms with van der Waals surface area (Å²) in [5.41, 5.74) is 7.12. The van der Waals surface area contributed by atoms with Crippen molar-refractivity contribution in [3.05, 3.63) is 58.2 Å². The first kappa shape index (κ1) is 19.1. The normalized spacial score (nSPS) is 16.8. The maximum absolute atomic E-state index is 12.6. The van der Waals surface area contributed by atoms with Crippen LogP contribution >= 0.6 is 0 Å². The largest absolute Gasteiger partial charge is 0.465 e. The molecule has 0 saturated heterocycles. The Kier molecular flexibility index (Phi) is 5.68. The maximum Gasteiger partial charge on any atom is 0.338 e. The molecule has 7 nitrogen and oxygen atoms in total. The molecule has 26 heavy (non-hydrogen) atoms. The Bertz CT molecular complexity index is 828. The molecule has 1 heterocycles. The van der Waals surface area contributed by atoms with E-state index in [-0.39, 0.29) is 28.9 Å². The standard InChI is InChI=1S/C19H20N2O5/c1-10(2)25-19(23)15-11(3)26-17(21)14(9-20)16(15)12-5-7-13(8-6-12)18(22)24-4/h5-8,10,16H,21H2,1-4H3. The molecule has 0 radical (unpaired) electrons. The number of esters is 2. The van der Waals surface area contributed by atoms with Gasteiger partial charge in [0.2, 0.25) is 5.88 Å². The van der Waals surface area contributed by atoms with Crippen LogP contribution < -0.4 is 5.73 Å². The quantitative estimate of drug-likeness (QED) is 0.825. The summed E-state index contributed by atoms with van der Waals surface area (Å²) in [6.07, 6.45) is -0.334. The van der Waals surface area contributed by atoms with Crippen LogP contribution in [0.25, 0.3) is 0 Å². The van der Waals surface area contributed by atoms with Crippen molar-refractivity contribution in [1.29, 1.82) is 5.26 Å². The fraction of sp³-hybridized carbons (Fsp3) is 0.316. The zero-order valence-corrected chi connectivity index (χ0v) is 15.0. The third-order valence-corrected chi connectivity index (χ3v) is 3.83. The lowest BCUT2D eigenvalue weighted by Crippen LogP contribution is -2.26. The van der Waals surface area contributed by atoms with Crippen molar-refractivity contribution >= 4 is 11.9 Å². The number of nitriles is 1. The number of carbonyl (C=O) groups is 2. The van der Waals surface area contributed by atoms with Crippen LogP contribution in [-0.4, -0.2) is 25.2 Å². The lowest BCUT2D eigenvalue weighted by Gasteiger charge is -2.27. The molecule has 2 N–H and O–H groups in total. The molecular formula is C19H20N2O5. The third-order valence-electron chi connectivity index (χ3n) is 3.83. The van der Waals surface area contributed by atoms with Crippen LogP contribution in [0.3, 0.4) is 0 Å². The van der Waals surface area contributed by atoms with Crippen LogP contribution in [0.15, 0.2) is 47.1 Å². The number of nitrogens with two attached hydrogens (primary N) is 1. The van der Waals surface area contributed by atoms with Gasteiger partial charge in [-0.25, -0.2) is 9.59 Å². The highest BCUT2D eigenvalue weighted by atomic mass is 16.5. The highest BCUT2D eigenvalue weighted by Crippen LogP contribution is 2.39. The van der Waals surface area contributed by atoms with Crippen molar-refractivity contribution in [3.63, 3.8) is 0 Å². The predicted octanol–water partition coefficient (Wildman–Crippen LogP) is 2.51. The van der Waals surface area contributed by atoms with Gasteiger partial charge in [-0.05, 0) is 38.5 Å². The number of hydrogen-bond acceptors (Lipinski definition) is 7. The van der Waals surface area contributed by atoms with E-state index in [9.17, 15) is 14.9 Å². The lowest BCUT2D eigenvalue weighted by atomic mass is 9.83. The molecule has 1 aromatic rings. The minimum atomic E-state index is -0.744. The third kappa shape index (κ3) is 3.70. The second kappa shape index (κ2) is 7.74. The molecule has 0 aromatic heterocycles. The van der Waals surface area contributed by atoms with E-state index in [0.29, 0.717) is 11.1 Å². The Morgan fingerprint density at radius 2 is 1.85 bits per heavy atom. The second-order valence-electron chi connectivity index (χ2n) is 5.96. The van der Waals surface area contributed by atoms with Gasteiger partial charge >= 0.3 is 11.9 Å². The van der Waals surface area contributed by atoms with E-state index >= 15 is 0 Å². The Morgan fingerprint density at radius 3 is 2.35 bits per heavy atom. The number of hydrogen-bond donors (Lipinski definition) is 1. The fourth-order valence-corrected chi connectivity index (χ4v) is 2.69. The predicted molar refractivity (Wildman–Crippen MR) is 92.4 cm³/mol. The molecule has 1 aromatic carbocycles. The monoisotopic (exact) mass is 356 g/mol. The van der Waals surface area contributed by atoms with Gasteiger partial charge in [0.05, 0.1) is 30.3 Å². The van der Waals surface area contributed by atoms with Gasteiger partial charge in [0, 0.05) is 0 Å². The van der Waals surface area contributed by atoms with E-state index in [2.05, 4.69) is 4.74 Å². The topological polar surface area (TPSA) is 112 Å². The van der Waals surface area contributed by atoms with Crippen molar-refractivity contribution in [1.82, 2.24) is 0 Å². The van der Waals surface area contributed by atoms with E-state index in [4.69, 9.17) is 15.2 Å². The molecule has 1 aliphatic rings.